The third-order valence-corrected chi connectivity index (χ3v) is 3.02. The van der Waals surface area contributed by atoms with Gasteiger partial charge in [0, 0.05) is 13.0 Å². The van der Waals surface area contributed by atoms with Crippen molar-refractivity contribution < 1.29 is 17.9 Å². The van der Waals surface area contributed by atoms with Gasteiger partial charge in [0.2, 0.25) is 0 Å². The van der Waals surface area contributed by atoms with Gasteiger partial charge in [0.15, 0.2) is 0 Å². The Bertz CT molecular complexity index is 358. The first-order chi connectivity index (χ1) is 6.58. The Hall–Kier alpha value is -1.33. The molecular weight excluding hydrogens is 210 g/mol. The Labute approximate surface area is 81.4 Å². The first kappa shape index (κ1) is 10.7. The molecule has 1 saturated heterocycles. The first-order valence-electron chi connectivity index (χ1n) is 3.89. The number of amides is 1. The van der Waals surface area contributed by atoms with Gasteiger partial charge < -0.3 is 4.74 Å². The SMILES string of the molecule is N#CCCNS(=O)(=O)N1CCOC1=O. The van der Waals surface area contributed by atoms with E-state index < -0.39 is 16.3 Å². The van der Waals surface area contributed by atoms with Crippen LogP contribution in [0, 0.1) is 11.3 Å². The second-order valence-electron chi connectivity index (χ2n) is 2.49. The van der Waals surface area contributed by atoms with Crippen LogP contribution >= 0.6 is 0 Å². The Morgan fingerprint density at radius 2 is 2.36 bits per heavy atom. The van der Waals surface area contributed by atoms with Crippen LogP contribution in [0.25, 0.3) is 0 Å². The maximum atomic E-state index is 11.3. The Morgan fingerprint density at radius 1 is 1.64 bits per heavy atom. The third-order valence-electron chi connectivity index (χ3n) is 1.53. The van der Waals surface area contributed by atoms with E-state index in [1.807, 2.05) is 0 Å². The van der Waals surface area contributed by atoms with E-state index in [2.05, 4.69) is 9.46 Å². The summed E-state index contributed by atoms with van der Waals surface area (Å²) in [5.41, 5.74) is 0. The number of nitrogens with one attached hydrogen (secondary N) is 1. The van der Waals surface area contributed by atoms with Crippen LogP contribution in [-0.4, -0.2) is 38.5 Å². The normalized spacial score (nSPS) is 16.5. The van der Waals surface area contributed by atoms with Crippen LogP contribution in [0.1, 0.15) is 6.42 Å². The third kappa shape index (κ3) is 2.34. The smallest absolute Gasteiger partial charge is 0.424 e. The number of carbonyl (C=O) groups excluding carboxylic acids is 1. The molecule has 8 heteroatoms. The fraction of sp³-hybridized carbons (Fsp3) is 0.667. The molecule has 0 spiro atoms. The molecule has 0 aliphatic carbocycles. The summed E-state index contributed by atoms with van der Waals surface area (Å²) in [5, 5.41) is 8.19. The fourth-order valence-electron chi connectivity index (χ4n) is 0.911. The molecule has 1 fully saturated rings. The number of nitrogens with zero attached hydrogens (tertiary/aromatic N) is 2. The number of rotatable bonds is 4. The van der Waals surface area contributed by atoms with E-state index in [0.29, 0.717) is 4.31 Å². The van der Waals surface area contributed by atoms with Crippen LogP contribution in [0.2, 0.25) is 0 Å². The van der Waals surface area contributed by atoms with E-state index in [1.54, 1.807) is 6.07 Å². The van der Waals surface area contributed by atoms with Crippen molar-refractivity contribution >= 4 is 16.3 Å². The topological polar surface area (TPSA) is 99.5 Å². The highest BCUT2D eigenvalue weighted by Crippen LogP contribution is 2.07. The van der Waals surface area contributed by atoms with Crippen LogP contribution < -0.4 is 4.72 Å². The summed E-state index contributed by atoms with van der Waals surface area (Å²) in [5.74, 6) is 0. The number of carbonyl (C=O) groups is 1. The van der Waals surface area contributed by atoms with Gasteiger partial charge in [-0.05, 0) is 0 Å². The van der Waals surface area contributed by atoms with E-state index in [1.165, 1.54) is 0 Å². The van der Waals surface area contributed by atoms with E-state index >= 15 is 0 Å². The van der Waals surface area contributed by atoms with Crippen LogP contribution in [0.5, 0.6) is 0 Å². The number of nitriles is 1. The van der Waals surface area contributed by atoms with Crippen molar-refractivity contribution in [1.82, 2.24) is 9.03 Å². The summed E-state index contributed by atoms with van der Waals surface area (Å²) in [6, 6.07) is 1.78. The molecule has 1 aliphatic rings. The Morgan fingerprint density at radius 3 is 2.86 bits per heavy atom. The van der Waals surface area contributed by atoms with Crippen molar-refractivity contribution in [3.05, 3.63) is 0 Å². The zero-order chi connectivity index (χ0) is 10.6. The molecule has 1 heterocycles. The average molecular weight is 219 g/mol. The molecule has 14 heavy (non-hydrogen) atoms. The number of hydrogen-bond acceptors (Lipinski definition) is 5. The molecule has 0 aromatic heterocycles. The number of ether oxygens (including phenoxy) is 1. The molecule has 0 unspecified atom stereocenters. The van der Waals surface area contributed by atoms with Gasteiger partial charge in [0.25, 0.3) is 0 Å². The van der Waals surface area contributed by atoms with Gasteiger partial charge >= 0.3 is 16.3 Å². The zero-order valence-electron chi connectivity index (χ0n) is 7.26. The molecule has 1 rings (SSSR count). The molecule has 0 aromatic carbocycles. The minimum Gasteiger partial charge on any atom is -0.447 e. The lowest BCUT2D eigenvalue weighted by Gasteiger charge is -2.12. The van der Waals surface area contributed by atoms with Crippen molar-refractivity contribution in [2.45, 2.75) is 6.42 Å². The molecular formula is C6H9N3O4S. The second kappa shape index (κ2) is 4.26. The summed E-state index contributed by atoms with van der Waals surface area (Å²) in [6.07, 6.45) is -0.822. The highest BCUT2D eigenvalue weighted by molar-refractivity contribution is 7.87. The predicted molar refractivity (Wildman–Crippen MR) is 45.2 cm³/mol. The summed E-state index contributed by atoms with van der Waals surface area (Å²) in [7, 11) is -3.82. The predicted octanol–water partition coefficient (Wildman–Crippen LogP) is -0.813. The largest absolute Gasteiger partial charge is 0.447 e. The summed E-state index contributed by atoms with van der Waals surface area (Å²) < 4.78 is 29.8. The molecule has 0 radical (unpaired) electrons. The quantitative estimate of drug-likeness (QED) is 0.623. The van der Waals surface area contributed by atoms with Crippen LogP contribution in [0.3, 0.4) is 0 Å². The highest BCUT2D eigenvalue weighted by atomic mass is 32.2. The van der Waals surface area contributed by atoms with Gasteiger partial charge in [0.1, 0.15) is 6.61 Å². The average Bonchev–Trinajstić information content (AvgIpc) is 2.52. The van der Waals surface area contributed by atoms with Crippen molar-refractivity contribution in [3.63, 3.8) is 0 Å². The lowest BCUT2D eigenvalue weighted by molar-refractivity contribution is 0.169. The molecule has 1 aliphatic heterocycles. The number of hydrogen-bond donors (Lipinski definition) is 1. The summed E-state index contributed by atoms with van der Waals surface area (Å²) in [4.78, 5) is 10.9. The van der Waals surface area contributed by atoms with E-state index in [-0.39, 0.29) is 26.1 Å². The molecule has 0 saturated carbocycles. The molecule has 78 valence electrons. The standard InChI is InChI=1S/C6H9N3O4S/c7-2-1-3-8-14(11,12)9-4-5-13-6(9)10/h8H,1,3-5H2. The minimum atomic E-state index is -3.82. The van der Waals surface area contributed by atoms with Crippen LogP contribution in [0.15, 0.2) is 0 Å². The van der Waals surface area contributed by atoms with E-state index in [4.69, 9.17) is 5.26 Å². The molecule has 7 nitrogen and oxygen atoms in total. The second-order valence-corrected chi connectivity index (χ2v) is 4.17. The molecule has 0 atom stereocenters. The minimum absolute atomic E-state index is 0.0113. The van der Waals surface area contributed by atoms with Crippen LogP contribution in [0.4, 0.5) is 4.79 Å². The summed E-state index contributed by atoms with van der Waals surface area (Å²) >= 11 is 0. The fourth-order valence-corrected chi connectivity index (χ4v) is 1.99. The van der Waals surface area contributed by atoms with Gasteiger partial charge in [-0.1, -0.05) is 0 Å². The van der Waals surface area contributed by atoms with Gasteiger partial charge in [-0.3, -0.25) is 0 Å². The summed E-state index contributed by atoms with van der Waals surface area (Å²) in [6.45, 7) is 0.0708. The van der Waals surface area contributed by atoms with Gasteiger partial charge in [-0.15, -0.1) is 0 Å². The molecule has 0 aromatic rings. The van der Waals surface area contributed by atoms with Crippen molar-refractivity contribution in [3.8, 4) is 6.07 Å². The lowest BCUT2D eigenvalue weighted by Crippen LogP contribution is -2.41. The van der Waals surface area contributed by atoms with Crippen molar-refractivity contribution in [2.24, 2.45) is 0 Å². The zero-order valence-corrected chi connectivity index (χ0v) is 8.08. The Kier molecular flexibility index (Phi) is 3.27. The maximum absolute atomic E-state index is 11.3. The molecule has 1 amide bonds. The van der Waals surface area contributed by atoms with E-state index in [9.17, 15) is 13.2 Å². The Balaban J connectivity index is 2.57. The number of cyclic esters (lactones) is 1. The van der Waals surface area contributed by atoms with E-state index in [0.717, 1.165) is 0 Å². The van der Waals surface area contributed by atoms with Crippen molar-refractivity contribution in [2.75, 3.05) is 19.7 Å². The van der Waals surface area contributed by atoms with Gasteiger partial charge in [-0.25, -0.2) is 4.79 Å². The lowest BCUT2D eigenvalue weighted by atomic mass is 10.5. The first-order valence-corrected chi connectivity index (χ1v) is 5.33. The molecule has 1 N–H and O–H groups in total. The van der Waals surface area contributed by atoms with Crippen LogP contribution in [-0.2, 0) is 14.9 Å². The van der Waals surface area contributed by atoms with Crippen molar-refractivity contribution in [1.29, 1.82) is 5.26 Å². The van der Waals surface area contributed by atoms with Gasteiger partial charge in [0.05, 0.1) is 12.6 Å². The highest BCUT2D eigenvalue weighted by Gasteiger charge is 2.32. The monoisotopic (exact) mass is 219 g/mol. The molecule has 0 bridgehead atoms. The maximum Gasteiger partial charge on any atom is 0.424 e. The van der Waals surface area contributed by atoms with Gasteiger partial charge in [-0.2, -0.15) is 22.7 Å².